The van der Waals surface area contributed by atoms with E-state index < -0.39 is 0 Å². The van der Waals surface area contributed by atoms with Crippen LogP contribution in [0, 0.1) is 0 Å². The highest BCUT2D eigenvalue weighted by Crippen LogP contribution is 2.19. The van der Waals surface area contributed by atoms with Gasteiger partial charge in [0.25, 0.3) is 0 Å². The lowest BCUT2D eigenvalue weighted by Gasteiger charge is -2.24. The molecule has 0 spiro atoms. The van der Waals surface area contributed by atoms with Gasteiger partial charge in [0, 0.05) is 18.8 Å². The van der Waals surface area contributed by atoms with Gasteiger partial charge in [-0.3, -0.25) is 0 Å². The number of aliphatic hydroxyl groups excluding tert-OH is 1. The maximum atomic E-state index is 9.45. The molecule has 0 aromatic heterocycles. The standard InChI is InChI=1S/C14H23NO/c1-4-10-15(11-5-2)14-8-6-13(7-9-14)12(3)16/h6-9,12,16H,4-5,10-11H2,1-3H3/t12-/m1/s1. The molecule has 0 bridgehead atoms. The second kappa shape index (κ2) is 6.54. The van der Waals surface area contributed by atoms with Crippen LogP contribution in [-0.2, 0) is 0 Å². The molecule has 0 aliphatic carbocycles. The van der Waals surface area contributed by atoms with Crippen LogP contribution in [0.5, 0.6) is 0 Å². The van der Waals surface area contributed by atoms with Gasteiger partial charge in [0.15, 0.2) is 0 Å². The molecule has 0 aliphatic rings. The molecule has 1 N–H and O–H groups in total. The van der Waals surface area contributed by atoms with Crippen LogP contribution in [0.3, 0.4) is 0 Å². The van der Waals surface area contributed by atoms with E-state index in [4.69, 9.17) is 0 Å². The maximum Gasteiger partial charge on any atom is 0.0761 e. The Hall–Kier alpha value is -1.02. The van der Waals surface area contributed by atoms with Crippen molar-refractivity contribution in [2.45, 2.75) is 39.7 Å². The van der Waals surface area contributed by atoms with Crippen molar-refractivity contribution >= 4 is 5.69 Å². The molecule has 1 atom stereocenters. The minimum atomic E-state index is -0.375. The zero-order valence-corrected chi connectivity index (χ0v) is 10.6. The van der Waals surface area contributed by atoms with Crippen molar-refractivity contribution in [3.8, 4) is 0 Å². The summed E-state index contributed by atoms with van der Waals surface area (Å²) in [5.41, 5.74) is 2.24. The van der Waals surface area contributed by atoms with Gasteiger partial charge in [-0.1, -0.05) is 26.0 Å². The van der Waals surface area contributed by atoms with Crippen LogP contribution in [0.25, 0.3) is 0 Å². The fourth-order valence-electron chi connectivity index (χ4n) is 1.87. The van der Waals surface area contributed by atoms with Gasteiger partial charge >= 0.3 is 0 Å². The summed E-state index contributed by atoms with van der Waals surface area (Å²) in [6, 6.07) is 8.23. The van der Waals surface area contributed by atoms with Crippen molar-refractivity contribution in [1.82, 2.24) is 0 Å². The first-order valence-electron chi connectivity index (χ1n) is 6.22. The fraction of sp³-hybridized carbons (Fsp3) is 0.571. The van der Waals surface area contributed by atoms with Crippen molar-refractivity contribution in [2.75, 3.05) is 18.0 Å². The SMILES string of the molecule is CCCN(CCC)c1ccc([C@@H](C)O)cc1. The van der Waals surface area contributed by atoms with E-state index in [0.29, 0.717) is 0 Å². The third-order valence-corrected chi connectivity index (χ3v) is 2.73. The second-order valence-electron chi connectivity index (χ2n) is 4.25. The Labute approximate surface area is 98.9 Å². The fourth-order valence-corrected chi connectivity index (χ4v) is 1.87. The molecule has 0 heterocycles. The van der Waals surface area contributed by atoms with Gasteiger partial charge in [0.05, 0.1) is 6.10 Å². The van der Waals surface area contributed by atoms with Crippen molar-refractivity contribution in [2.24, 2.45) is 0 Å². The third kappa shape index (κ3) is 3.53. The molecule has 16 heavy (non-hydrogen) atoms. The minimum Gasteiger partial charge on any atom is -0.389 e. The van der Waals surface area contributed by atoms with Crippen molar-refractivity contribution < 1.29 is 5.11 Å². The Morgan fingerprint density at radius 1 is 1.06 bits per heavy atom. The summed E-state index contributed by atoms with van der Waals surface area (Å²) in [5, 5.41) is 9.45. The third-order valence-electron chi connectivity index (χ3n) is 2.73. The van der Waals surface area contributed by atoms with Crippen LogP contribution in [0.2, 0.25) is 0 Å². The molecule has 0 fully saturated rings. The summed E-state index contributed by atoms with van der Waals surface area (Å²) in [6.07, 6.45) is 1.95. The van der Waals surface area contributed by atoms with Gasteiger partial charge in [0.1, 0.15) is 0 Å². The average Bonchev–Trinajstić information content (AvgIpc) is 2.29. The molecule has 0 radical (unpaired) electrons. The summed E-state index contributed by atoms with van der Waals surface area (Å²) in [4.78, 5) is 2.39. The van der Waals surface area contributed by atoms with Crippen LogP contribution in [0.4, 0.5) is 5.69 Å². The highest BCUT2D eigenvalue weighted by Gasteiger charge is 2.05. The van der Waals surface area contributed by atoms with E-state index >= 15 is 0 Å². The number of aliphatic hydroxyl groups is 1. The summed E-state index contributed by atoms with van der Waals surface area (Å²) >= 11 is 0. The van der Waals surface area contributed by atoms with Gasteiger partial charge < -0.3 is 10.0 Å². The first kappa shape index (κ1) is 13.0. The molecular weight excluding hydrogens is 198 g/mol. The zero-order chi connectivity index (χ0) is 12.0. The lowest BCUT2D eigenvalue weighted by Crippen LogP contribution is -2.24. The van der Waals surface area contributed by atoms with Gasteiger partial charge in [0.2, 0.25) is 0 Å². The molecule has 2 heteroatoms. The predicted molar refractivity (Wildman–Crippen MR) is 69.9 cm³/mol. The molecule has 0 saturated heterocycles. The van der Waals surface area contributed by atoms with Crippen LogP contribution >= 0.6 is 0 Å². The molecule has 0 saturated carbocycles. The molecule has 2 nitrogen and oxygen atoms in total. The monoisotopic (exact) mass is 221 g/mol. The maximum absolute atomic E-state index is 9.45. The first-order chi connectivity index (χ1) is 7.69. The van der Waals surface area contributed by atoms with Crippen molar-refractivity contribution in [3.05, 3.63) is 29.8 Å². The van der Waals surface area contributed by atoms with Crippen molar-refractivity contribution in [1.29, 1.82) is 0 Å². The number of hydrogen-bond donors (Lipinski definition) is 1. The summed E-state index contributed by atoms with van der Waals surface area (Å²) in [5.74, 6) is 0. The number of rotatable bonds is 6. The van der Waals surface area contributed by atoms with Crippen LogP contribution < -0.4 is 4.90 Å². The highest BCUT2D eigenvalue weighted by atomic mass is 16.3. The smallest absolute Gasteiger partial charge is 0.0761 e. The van der Waals surface area contributed by atoms with E-state index in [1.165, 1.54) is 5.69 Å². The quantitative estimate of drug-likeness (QED) is 0.796. The van der Waals surface area contributed by atoms with E-state index in [1.54, 1.807) is 6.92 Å². The number of benzene rings is 1. The van der Waals surface area contributed by atoms with Gasteiger partial charge in [-0.15, -0.1) is 0 Å². The van der Waals surface area contributed by atoms with Gasteiger partial charge in [-0.2, -0.15) is 0 Å². The molecule has 1 aromatic carbocycles. The minimum absolute atomic E-state index is 0.375. The lowest BCUT2D eigenvalue weighted by molar-refractivity contribution is 0.199. The number of hydrogen-bond acceptors (Lipinski definition) is 2. The van der Waals surface area contributed by atoms with Crippen LogP contribution in [-0.4, -0.2) is 18.2 Å². The number of nitrogens with zero attached hydrogens (tertiary/aromatic N) is 1. The second-order valence-corrected chi connectivity index (χ2v) is 4.25. The normalized spacial score (nSPS) is 12.5. The molecule has 90 valence electrons. The van der Waals surface area contributed by atoms with E-state index in [0.717, 1.165) is 31.5 Å². The largest absolute Gasteiger partial charge is 0.389 e. The number of anilines is 1. The average molecular weight is 221 g/mol. The molecule has 0 unspecified atom stereocenters. The van der Waals surface area contributed by atoms with Gasteiger partial charge in [-0.05, 0) is 37.5 Å². The Morgan fingerprint density at radius 3 is 1.94 bits per heavy atom. The summed E-state index contributed by atoms with van der Waals surface area (Å²) in [6.45, 7) is 8.40. The lowest BCUT2D eigenvalue weighted by atomic mass is 10.1. The summed E-state index contributed by atoms with van der Waals surface area (Å²) < 4.78 is 0. The Kier molecular flexibility index (Phi) is 5.33. The van der Waals surface area contributed by atoms with E-state index in [-0.39, 0.29) is 6.10 Å². The van der Waals surface area contributed by atoms with E-state index in [2.05, 4.69) is 30.9 Å². The van der Waals surface area contributed by atoms with Crippen molar-refractivity contribution in [3.63, 3.8) is 0 Å². The zero-order valence-electron chi connectivity index (χ0n) is 10.6. The molecule has 1 rings (SSSR count). The summed E-state index contributed by atoms with van der Waals surface area (Å²) in [7, 11) is 0. The van der Waals surface area contributed by atoms with Gasteiger partial charge in [-0.25, -0.2) is 0 Å². The highest BCUT2D eigenvalue weighted by molar-refractivity contribution is 5.47. The van der Waals surface area contributed by atoms with Crippen LogP contribution in [0.15, 0.2) is 24.3 Å². The molecular formula is C14H23NO. The molecule has 0 aliphatic heterocycles. The predicted octanol–water partition coefficient (Wildman–Crippen LogP) is 3.37. The topological polar surface area (TPSA) is 23.5 Å². The first-order valence-corrected chi connectivity index (χ1v) is 6.22. The van der Waals surface area contributed by atoms with Crippen LogP contribution in [0.1, 0.15) is 45.3 Å². The Balaban J connectivity index is 2.76. The molecule has 1 aromatic rings. The van der Waals surface area contributed by atoms with E-state index in [9.17, 15) is 5.11 Å². The Morgan fingerprint density at radius 2 is 1.56 bits per heavy atom. The Bertz CT molecular complexity index is 286. The van der Waals surface area contributed by atoms with E-state index in [1.807, 2.05) is 12.1 Å². The molecule has 0 amide bonds.